The molecule has 0 unspecified atom stereocenters. The summed E-state index contributed by atoms with van der Waals surface area (Å²) >= 11 is 1.74. The molecule has 0 aliphatic heterocycles. The molecule has 0 amide bonds. The van der Waals surface area contributed by atoms with Crippen molar-refractivity contribution in [3.63, 3.8) is 0 Å². The zero-order valence-corrected chi connectivity index (χ0v) is 15.0. The van der Waals surface area contributed by atoms with Gasteiger partial charge >= 0.3 is 0 Å². The molecular weight excluding hydrogens is 304 g/mol. The third-order valence-electron chi connectivity index (χ3n) is 7.05. The minimum atomic E-state index is -0.0964. The lowest BCUT2D eigenvalue weighted by atomic mass is 9.55. The Morgan fingerprint density at radius 3 is 2.83 bits per heavy atom. The predicted octanol–water partition coefficient (Wildman–Crippen LogP) is 4.72. The molecule has 2 saturated carbocycles. The average molecular weight is 333 g/mol. The number of aromatic hydroxyl groups is 1. The second-order valence-electron chi connectivity index (χ2n) is 8.00. The molecule has 2 nitrogen and oxygen atoms in total. The lowest BCUT2D eigenvalue weighted by Gasteiger charge is -2.50. The van der Waals surface area contributed by atoms with Crippen LogP contribution in [0.15, 0.2) is 17.0 Å². The van der Waals surface area contributed by atoms with E-state index in [-0.39, 0.29) is 11.5 Å². The third kappa shape index (κ3) is 2.34. The topological polar surface area (TPSA) is 40.5 Å². The molecule has 1 aromatic rings. The summed E-state index contributed by atoms with van der Waals surface area (Å²) in [5.74, 6) is 3.50. The largest absolute Gasteiger partial charge is 0.507 e. The number of benzene rings is 1. The van der Waals surface area contributed by atoms with E-state index in [1.807, 2.05) is 6.07 Å². The molecule has 3 aliphatic rings. The number of phenols is 1. The SMILES string of the molecule is CCSc1cc2c(cc1O)CC[C@@H]1[C@H]3CC[C@H](O)[C@]3(C)CC[C@@H]21. The van der Waals surface area contributed by atoms with Crippen LogP contribution in [0.4, 0.5) is 0 Å². The number of hydrogen-bond acceptors (Lipinski definition) is 3. The van der Waals surface area contributed by atoms with Gasteiger partial charge in [0, 0.05) is 4.90 Å². The number of hydrogen-bond donors (Lipinski definition) is 2. The van der Waals surface area contributed by atoms with Crippen molar-refractivity contribution in [3.05, 3.63) is 23.3 Å². The molecule has 2 N–H and O–H groups in total. The maximum Gasteiger partial charge on any atom is 0.129 e. The molecule has 0 spiro atoms. The van der Waals surface area contributed by atoms with Gasteiger partial charge in [-0.1, -0.05) is 13.8 Å². The Bertz CT molecular complexity index is 614. The molecule has 0 heterocycles. The molecule has 0 radical (unpaired) electrons. The van der Waals surface area contributed by atoms with Crippen LogP contribution in [-0.4, -0.2) is 22.1 Å². The summed E-state index contributed by atoms with van der Waals surface area (Å²) in [7, 11) is 0. The Kier molecular flexibility index (Phi) is 3.92. The highest BCUT2D eigenvalue weighted by atomic mass is 32.2. The number of rotatable bonds is 2. The van der Waals surface area contributed by atoms with Gasteiger partial charge in [0.15, 0.2) is 0 Å². The van der Waals surface area contributed by atoms with E-state index < -0.39 is 0 Å². The fourth-order valence-corrected chi connectivity index (χ4v) is 6.56. The van der Waals surface area contributed by atoms with E-state index in [0.717, 1.165) is 35.8 Å². The van der Waals surface area contributed by atoms with Gasteiger partial charge in [0.2, 0.25) is 0 Å². The third-order valence-corrected chi connectivity index (χ3v) is 7.98. The second-order valence-corrected chi connectivity index (χ2v) is 9.31. The minimum Gasteiger partial charge on any atom is -0.507 e. The van der Waals surface area contributed by atoms with Crippen LogP contribution in [0.5, 0.6) is 5.75 Å². The monoisotopic (exact) mass is 332 g/mol. The van der Waals surface area contributed by atoms with E-state index in [4.69, 9.17) is 0 Å². The molecule has 1 aromatic carbocycles. The van der Waals surface area contributed by atoms with E-state index in [9.17, 15) is 10.2 Å². The van der Waals surface area contributed by atoms with E-state index in [1.165, 1.54) is 30.4 Å². The summed E-state index contributed by atoms with van der Waals surface area (Å²) in [6.07, 6.45) is 6.75. The molecule has 3 heteroatoms. The molecule has 4 rings (SSSR count). The van der Waals surface area contributed by atoms with Crippen LogP contribution in [-0.2, 0) is 6.42 Å². The Hall–Kier alpha value is -0.670. The molecule has 126 valence electrons. The Balaban J connectivity index is 1.70. The number of thioether (sulfide) groups is 1. The molecular formula is C20H28O2S. The summed E-state index contributed by atoms with van der Waals surface area (Å²) in [6.45, 7) is 4.47. The van der Waals surface area contributed by atoms with Crippen LogP contribution in [0.2, 0.25) is 0 Å². The molecule has 3 aliphatic carbocycles. The van der Waals surface area contributed by atoms with Crippen molar-refractivity contribution in [2.45, 2.75) is 69.3 Å². The van der Waals surface area contributed by atoms with Crippen LogP contribution < -0.4 is 0 Å². The fourth-order valence-electron chi connectivity index (χ4n) is 5.83. The predicted molar refractivity (Wildman–Crippen MR) is 95.1 cm³/mol. The first-order chi connectivity index (χ1) is 11.0. The van der Waals surface area contributed by atoms with E-state index in [1.54, 1.807) is 11.8 Å². The summed E-state index contributed by atoms with van der Waals surface area (Å²) < 4.78 is 0. The molecule has 0 saturated heterocycles. The lowest BCUT2D eigenvalue weighted by Crippen LogP contribution is -2.43. The van der Waals surface area contributed by atoms with Gasteiger partial charge in [-0.25, -0.2) is 0 Å². The summed E-state index contributed by atoms with van der Waals surface area (Å²) in [5, 5.41) is 20.7. The molecule has 2 fully saturated rings. The van der Waals surface area contributed by atoms with Crippen LogP contribution in [0.25, 0.3) is 0 Å². The quantitative estimate of drug-likeness (QED) is 0.770. The van der Waals surface area contributed by atoms with Gasteiger partial charge in [0.1, 0.15) is 5.75 Å². The average Bonchev–Trinajstić information content (AvgIpc) is 2.84. The van der Waals surface area contributed by atoms with Gasteiger partial charge in [0.25, 0.3) is 0 Å². The lowest BCUT2D eigenvalue weighted by molar-refractivity contribution is -0.0226. The first-order valence-electron chi connectivity index (χ1n) is 9.21. The fraction of sp³-hybridized carbons (Fsp3) is 0.700. The highest BCUT2D eigenvalue weighted by Gasteiger charge is 2.54. The van der Waals surface area contributed by atoms with Gasteiger partial charge in [-0.2, -0.15) is 0 Å². The first kappa shape index (κ1) is 15.8. The van der Waals surface area contributed by atoms with Crippen molar-refractivity contribution >= 4 is 11.8 Å². The van der Waals surface area contributed by atoms with Crippen molar-refractivity contribution in [1.29, 1.82) is 0 Å². The number of aliphatic hydroxyl groups excluding tert-OH is 1. The zero-order valence-electron chi connectivity index (χ0n) is 14.2. The normalized spacial score (nSPS) is 38.7. The van der Waals surface area contributed by atoms with E-state index in [2.05, 4.69) is 19.9 Å². The molecule has 0 aromatic heterocycles. The highest BCUT2D eigenvalue weighted by Crippen LogP contribution is 2.61. The van der Waals surface area contributed by atoms with Gasteiger partial charge in [0.05, 0.1) is 6.10 Å². The zero-order chi connectivity index (χ0) is 16.2. The second kappa shape index (κ2) is 5.70. The minimum absolute atomic E-state index is 0.0964. The maximum atomic E-state index is 10.5. The number of aryl methyl sites for hydroxylation is 1. The first-order valence-corrected chi connectivity index (χ1v) is 10.2. The molecule has 5 atom stereocenters. The molecule has 0 bridgehead atoms. The Labute approximate surface area is 143 Å². The Morgan fingerprint density at radius 1 is 1.22 bits per heavy atom. The summed E-state index contributed by atoms with van der Waals surface area (Å²) in [4.78, 5) is 1.05. The van der Waals surface area contributed by atoms with Gasteiger partial charge in [-0.05, 0) is 90.7 Å². The van der Waals surface area contributed by atoms with Crippen molar-refractivity contribution < 1.29 is 10.2 Å². The standard InChI is InChI=1S/C20H28O2S/c1-3-23-18-11-15-12(10-17(18)21)4-5-14-13(15)8-9-20(2)16(14)6-7-19(20)22/h10-11,13-14,16,19,21-22H,3-9H2,1-2H3/t13-,14+,16-,19+,20-/m1/s1. The van der Waals surface area contributed by atoms with Crippen molar-refractivity contribution in [2.75, 3.05) is 5.75 Å². The van der Waals surface area contributed by atoms with E-state index >= 15 is 0 Å². The number of aliphatic hydroxyl groups is 1. The van der Waals surface area contributed by atoms with Crippen molar-refractivity contribution in [2.24, 2.45) is 17.3 Å². The van der Waals surface area contributed by atoms with Gasteiger partial charge < -0.3 is 10.2 Å². The number of phenolic OH excluding ortho intramolecular Hbond substituents is 1. The Morgan fingerprint density at radius 2 is 2.04 bits per heavy atom. The maximum absolute atomic E-state index is 10.5. The molecule has 23 heavy (non-hydrogen) atoms. The number of fused-ring (bicyclic) bond motifs is 5. The summed E-state index contributed by atoms with van der Waals surface area (Å²) in [6, 6.07) is 4.31. The van der Waals surface area contributed by atoms with Crippen LogP contribution in [0.1, 0.15) is 63.0 Å². The summed E-state index contributed by atoms with van der Waals surface area (Å²) in [5.41, 5.74) is 3.01. The van der Waals surface area contributed by atoms with Crippen LogP contribution in [0, 0.1) is 17.3 Å². The van der Waals surface area contributed by atoms with E-state index in [0.29, 0.717) is 17.6 Å². The van der Waals surface area contributed by atoms with Crippen molar-refractivity contribution in [1.82, 2.24) is 0 Å². The smallest absolute Gasteiger partial charge is 0.129 e. The van der Waals surface area contributed by atoms with Gasteiger partial charge in [-0.3, -0.25) is 0 Å². The highest BCUT2D eigenvalue weighted by molar-refractivity contribution is 7.99. The van der Waals surface area contributed by atoms with Crippen molar-refractivity contribution in [3.8, 4) is 5.75 Å². The van der Waals surface area contributed by atoms with Crippen LogP contribution in [0.3, 0.4) is 0 Å². The van der Waals surface area contributed by atoms with Gasteiger partial charge in [-0.15, -0.1) is 11.8 Å². The van der Waals surface area contributed by atoms with Crippen LogP contribution >= 0.6 is 11.8 Å².